The van der Waals surface area contributed by atoms with Crippen LogP contribution < -0.4 is 5.32 Å². The van der Waals surface area contributed by atoms with Gasteiger partial charge >= 0.3 is 0 Å². The Labute approximate surface area is 142 Å². The quantitative estimate of drug-likeness (QED) is 0.854. The Morgan fingerprint density at radius 1 is 1.38 bits per heavy atom. The average Bonchev–Trinajstić information content (AvgIpc) is 3.16. The fraction of sp³-hybridized carbons (Fsp3) is 0.526. The summed E-state index contributed by atoms with van der Waals surface area (Å²) < 4.78 is 13.5. The van der Waals surface area contributed by atoms with Crippen molar-refractivity contribution in [2.75, 3.05) is 19.6 Å². The topological polar surface area (TPSA) is 48.1 Å². The summed E-state index contributed by atoms with van der Waals surface area (Å²) in [7, 11) is 0. The molecule has 1 amide bonds. The van der Waals surface area contributed by atoms with Gasteiger partial charge in [-0.1, -0.05) is 6.92 Å². The van der Waals surface area contributed by atoms with E-state index in [1.165, 1.54) is 25.0 Å². The van der Waals surface area contributed by atoms with Crippen molar-refractivity contribution in [2.45, 2.75) is 45.6 Å². The molecular formula is C19H26FN3O. The van der Waals surface area contributed by atoms with Gasteiger partial charge in [0.2, 0.25) is 5.91 Å². The third kappa shape index (κ3) is 3.78. The van der Waals surface area contributed by atoms with Gasteiger partial charge in [0, 0.05) is 29.2 Å². The summed E-state index contributed by atoms with van der Waals surface area (Å²) in [5.41, 5.74) is 2.69. The summed E-state index contributed by atoms with van der Waals surface area (Å²) >= 11 is 0. The number of carbonyl (C=O) groups excluding carboxylic acids is 1. The van der Waals surface area contributed by atoms with E-state index in [1.807, 2.05) is 6.92 Å². The first-order chi connectivity index (χ1) is 11.6. The molecular weight excluding hydrogens is 305 g/mol. The zero-order valence-electron chi connectivity index (χ0n) is 14.5. The van der Waals surface area contributed by atoms with E-state index >= 15 is 0 Å². The molecule has 1 unspecified atom stereocenters. The van der Waals surface area contributed by atoms with Crippen molar-refractivity contribution in [3.05, 3.63) is 35.3 Å². The van der Waals surface area contributed by atoms with Gasteiger partial charge < -0.3 is 15.2 Å². The van der Waals surface area contributed by atoms with Crippen molar-refractivity contribution in [1.29, 1.82) is 0 Å². The summed E-state index contributed by atoms with van der Waals surface area (Å²) in [4.78, 5) is 18.1. The predicted molar refractivity (Wildman–Crippen MR) is 94.6 cm³/mol. The molecule has 5 heteroatoms. The maximum absolute atomic E-state index is 13.5. The first kappa shape index (κ1) is 17.0. The maximum atomic E-state index is 13.5. The molecule has 3 rings (SSSR count). The monoisotopic (exact) mass is 331 g/mol. The van der Waals surface area contributed by atoms with Crippen molar-refractivity contribution in [3.8, 4) is 0 Å². The van der Waals surface area contributed by atoms with Gasteiger partial charge in [-0.15, -0.1) is 0 Å². The number of aromatic nitrogens is 1. The molecule has 1 aliphatic rings. The predicted octanol–water partition coefficient (Wildman–Crippen LogP) is 3.15. The van der Waals surface area contributed by atoms with E-state index in [0.717, 1.165) is 48.2 Å². The third-order valence-electron chi connectivity index (χ3n) is 4.95. The molecule has 0 spiro atoms. The molecule has 0 radical (unpaired) electrons. The fourth-order valence-electron chi connectivity index (χ4n) is 3.58. The SMILES string of the molecule is CCC(CN1CCCC1)NC(=O)Cc1c(C)[nH]c2ccc(F)cc12. The molecule has 0 bridgehead atoms. The minimum Gasteiger partial charge on any atom is -0.358 e. The van der Waals surface area contributed by atoms with Gasteiger partial charge in [0.15, 0.2) is 0 Å². The van der Waals surface area contributed by atoms with E-state index in [0.29, 0.717) is 0 Å². The lowest BCUT2D eigenvalue weighted by Crippen LogP contribution is -2.43. The highest BCUT2D eigenvalue weighted by molar-refractivity contribution is 5.90. The largest absolute Gasteiger partial charge is 0.358 e. The Morgan fingerprint density at radius 3 is 2.83 bits per heavy atom. The van der Waals surface area contributed by atoms with Gasteiger partial charge in [-0.2, -0.15) is 0 Å². The second kappa shape index (κ2) is 7.34. The Kier molecular flexibility index (Phi) is 5.19. The van der Waals surface area contributed by atoms with Crippen LogP contribution in [0.2, 0.25) is 0 Å². The van der Waals surface area contributed by atoms with Crippen LogP contribution in [0.4, 0.5) is 4.39 Å². The molecule has 1 aromatic heterocycles. The van der Waals surface area contributed by atoms with Crippen LogP contribution >= 0.6 is 0 Å². The lowest BCUT2D eigenvalue weighted by Gasteiger charge is -2.23. The Bertz CT molecular complexity index is 719. The van der Waals surface area contributed by atoms with Crippen LogP contribution in [0.5, 0.6) is 0 Å². The standard InChI is InChI=1S/C19H26FN3O/c1-3-15(12-23-8-4-5-9-23)22-19(24)11-16-13(2)21-18-7-6-14(20)10-17(16)18/h6-7,10,15,21H,3-5,8-9,11-12H2,1-2H3,(H,22,24). The number of fused-ring (bicyclic) bond motifs is 1. The van der Waals surface area contributed by atoms with Crippen LogP contribution in [0.15, 0.2) is 18.2 Å². The molecule has 1 atom stereocenters. The molecule has 2 N–H and O–H groups in total. The molecule has 0 aliphatic carbocycles. The van der Waals surface area contributed by atoms with E-state index in [9.17, 15) is 9.18 Å². The Morgan fingerprint density at radius 2 is 2.12 bits per heavy atom. The molecule has 1 fully saturated rings. The minimum atomic E-state index is -0.274. The van der Waals surface area contributed by atoms with Gasteiger partial charge in [0.05, 0.1) is 6.42 Å². The molecule has 1 saturated heterocycles. The zero-order valence-corrected chi connectivity index (χ0v) is 14.5. The number of aryl methyl sites for hydroxylation is 1. The summed E-state index contributed by atoms with van der Waals surface area (Å²) in [6.07, 6.45) is 3.71. The number of amides is 1. The second-order valence-corrected chi connectivity index (χ2v) is 6.78. The van der Waals surface area contributed by atoms with Gasteiger partial charge in [0.25, 0.3) is 0 Å². The minimum absolute atomic E-state index is 0.00862. The highest BCUT2D eigenvalue weighted by atomic mass is 19.1. The fourth-order valence-corrected chi connectivity index (χ4v) is 3.58. The van der Waals surface area contributed by atoms with Gasteiger partial charge in [-0.3, -0.25) is 4.79 Å². The first-order valence-electron chi connectivity index (χ1n) is 8.85. The number of hydrogen-bond donors (Lipinski definition) is 2. The number of rotatable bonds is 6. The highest BCUT2D eigenvalue weighted by Crippen LogP contribution is 2.23. The summed E-state index contributed by atoms with van der Waals surface area (Å²) in [5.74, 6) is -0.266. The van der Waals surface area contributed by atoms with Crippen LogP contribution in [-0.4, -0.2) is 41.5 Å². The molecule has 24 heavy (non-hydrogen) atoms. The van der Waals surface area contributed by atoms with Crippen molar-refractivity contribution in [3.63, 3.8) is 0 Å². The number of likely N-dealkylation sites (tertiary alicyclic amines) is 1. The van der Waals surface area contributed by atoms with E-state index in [1.54, 1.807) is 6.07 Å². The van der Waals surface area contributed by atoms with Crippen molar-refractivity contribution < 1.29 is 9.18 Å². The van der Waals surface area contributed by atoms with Crippen LogP contribution in [0, 0.1) is 12.7 Å². The van der Waals surface area contributed by atoms with Gasteiger partial charge in [-0.25, -0.2) is 4.39 Å². The molecule has 130 valence electrons. The number of nitrogens with one attached hydrogen (secondary N) is 2. The summed E-state index contributed by atoms with van der Waals surface area (Å²) in [6.45, 7) is 7.22. The van der Waals surface area contributed by atoms with Crippen LogP contribution in [0.25, 0.3) is 10.9 Å². The number of benzene rings is 1. The number of nitrogens with zero attached hydrogens (tertiary/aromatic N) is 1. The highest BCUT2D eigenvalue weighted by Gasteiger charge is 2.19. The molecule has 2 heterocycles. The Balaban J connectivity index is 1.67. The van der Waals surface area contributed by atoms with Crippen LogP contribution in [0.3, 0.4) is 0 Å². The number of carbonyl (C=O) groups is 1. The lowest BCUT2D eigenvalue weighted by molar-refractivity contribution is -0.121. The molecule has 4 nitrogen and oxygen atoms in total. The Hall–Kier alpha value is -1.88. The smallest absolute Gasteiger partial charge is 0.224 e. The van der Waals surface area contributed by atoms with Crippen molar-refractivity contribution in [2.24, 2.45) is 0 Å². The average molecular weight is 331 g/mol. The van der Waals surface area contributed by atoms with E-state index in [-0.39, 0.29) is 24.2 Å². The number of H-pyrrole nitrogens is 1. The first-order valence-corrected chi connectivity index (χ1v) is 8.85. The van der Waals surface area contributed by atoms with Crippen LogP contribution in [-0.2, 0) is 11.2 Å². The number of halogens is 1. The molecule has 2 aromatic rings. The third-order valence-corrected chi connectivity index (χ3v) is 4.95. The van der Waals surface area contributed by atoms with Crippen molar-refractivity contribution in [1.82, 2.24) is 15.2 Å². The molecule has 0 saturated carbocycles. The normalized spacial score (nSPS) is 16.6. The van der Waals surface area contributed by atoms with E-state index in [4.69, 9.17) is 0 Å². The van der Waals surface area contributed by atoms with Crippen LogP contribution in [0.1, 0.15) is 37.4 Å². The molecule has 1 aromatic carbocycles. The van der Waals surface area contributed by atoms with Gasteiger partial charge in [0.1, 0.15) is 5.82 Å². The summed E-state index contributed by atoms with van der Waals surface area (Å²) in [6, 6.07) is 4.84. The van der Waals surface area contributed by atoms with E-state index in [2.05, 4.69) is 22.1 Å². The van der Waals surface area contributed by atoms with Crippen molar-refractivity contribution >= 4 is 16.8 Å². The lowest BCUT2D eigenvalue weighted by atomic mass is 10.1. The number of aromatic amines is 1. The zero-order chi connectivity index (χ0) is 17.1. The van der Waals surface area contributed by atoms with E-state index < -0.39 is 0 Å². The summed E-state index contributed by atoms with van der Waals surface area (Å²) in [5, 5.41) is 3.95. The second-order valence-electron chi connectivity index (χ2n) is 6.78. The number of hydrogen-bond acceptors (Lipinski definition) is 2. The van der Waals surface area contributed by atoms with Gasteiger partial charge in [-0.05, 0) is 63.0 Å². The maximum Gasteiger partial charge on any atom is 0.224 e. The molecule has 1 aliphatic heterocycles.